The summed E-state index contributed by atoms with van der Waals surface area (Å²) in [6, 6.07) is 10.6. The summed E-state index contributed by atoms with van der Waals surface area (Å²) >= 11 is 0. The lowest BCUT2D eigenvalue weighted by atomic mass is 10.1. The van der Waals surface area contributed by atoms with E-state index in [0.29, 0.717) is 11.3 Å². The Balaban J connectivity index is 0.00000108. The number of amidine groups is 1. The first-order valence-electron chi connectivity index (χ1n) is 11.7. The molecule has 7 N–H and O–H groups in total. The van der Waals surface area contributed by atoms with E-state index in [9.17, 15) is 19.1 Å². The zero-order valence-corrected chi connectivity index (χ0v) is 22.0. The van der Waals surface area contributed by atoms with Crippen LogP contribution in [0.25, 0.3) is 5.69 Å². The Labute approximate surface area is 231 Å². The number of hydrogen-bond acceptors (Lipinski definition) is 9. The number of aromatic carboxylic acids is 1. The third-order valence-corrected chi connectivity index (χ3v) is 5.43. The molecular formula is C26H26FN7O7. The van der Waals surface area contributed by atoms with E-state index >= 15 is 0 Å². The number of carbonyl (C=O) groups is 2. The molecule has 14 nitrogen and oxygen atoms in total. The highest BCUT2D eigenvalue weighted by Gasteiger charge is 2.24. The van der Waals surface area contributed by atoms with E-state index in [4.69, 9.17) is 30.5 Å². The fourth-order valence-electron chi connectivity index (χ4n) is 3.68. The number of aromatic nitrogens is 4. The molecule has 0 radical (unpaired) electrons. The fraction of sp³-hybridized carbons (Fsp3) is 0.154. The van der Waals surface area contributed by atoms with Gasteiger partial charge in [0.25, 0.3) is 11.8 Å². The maximum atomic E-state index is 14.5. The summed E-state index contributed by atoms with van der Waals surface area (Å²) in [7, 11) is 2.86. The monoisotopic (exact) mass is 567 g/mol. The molecule has 0 aliphatic heterocycles. The van der Waals surface area contributed by atoms with Crippen LogP contribution in [0.1, 0.15) is 40.3 Å². The molecule has 0 bridgehead atoms. The van der Waals surface area contributed by atoms with Crippen LogP contribution in [-0.2, 0) is 4.79 Å². The Morgan fingerprint density at radius 1 is 1.12 bits per heavy atom. The van der Waals surface area contributed by atoms with E-state index in [1.54, 1.807) is 12.1 Å². The third-order valence-electron chi connectivity index (χ3n) is 5.43. The molecule has 0 spiro atoms. The third kappa shape index (κ3) is 7.03. The van der Waals surface area contributed by atoms with Gasteiger partial charge in [-0.15, -0.1) is 5.10 Å². The first-order valence-corrected chi connectivity index (χ1v) is 11.7. The smallest absolute Gasteiger partial charge is 0.348 e. The quantitative estimate of drug-likeness (QED) is 0.127. The summed E-state index contributed by atoms with van der Waals surface area (Å²) in [5, 5.41) is 31.9. The van der Waals surface area contributed by atoms with Gasteiger partial charge < -0.3 is 30.7 Å². The number of aliphatic carboxylic acids is 1. The number of halogens is 1. The number of ether oxygens (including phenoxy) is 2. The lowest BCUT2D eigenvalue weighted by Gasteiger charge is -2.19. The molecule has 1 unspecified atom stereocenters. The zero-order chi connectivity index (χ0) is 30.3. The van der Waals surface area contributed by atoms with E-state index in [-0.39, 0.29) is 34.2 Å². The summed E-state index contributed by atoms with van der Waals surface area (Å²) in [5.74, 6) is -2.62. The topological polar surface area (TPSA) is 219 Å². The van der Waals surface area contributed by atoms with Crippen LogP contribution in [0.15, 0.2) is 59.5 Å². The molecule has 0 saturated heterocycles. The van der Waals surface area contributed by atoms with E-state index < -0.39 is 35.3 Å². The molecular weight excluding hydrogens is 541 g/mol. The van der Waals surface area contributed by atoms with E-state index in [1.165, 1.54) is 50.7 Å². The van der Waals surface area contributed by atoms with Gasteiger partial charge in [0, 0.05) is 24.4 Å². The summed E-state index contributed by atoms with van der Waals surface area (Å²) in [5.41, 5.74) is 5.32. The van der Waals surface area contributed by atoms with Crippen molar-refractivity contribution >= 4 is 23.5 Å². The van der Waals surface area contributed by atoms with E-state index in [1.807, 2.05) is 0 Å². The summed E-state index contributed by atoms with van der Waals surface area (Å²) < 4.78 is 26.0. The van der Waals surface area contributed by atoms with Gasteiger partial charge in [-0.05, 0) is 36.4 Å². The Bertz CT molecular complexity index is 1650. The lowest BCUT2D eigenvalue weighted by molar-refractivity contribution is -0.134. The summed E-state index contributed by atoms with van der Waals surface area (Å²) in [6.07, 6.45) is 1.46. The Hall–Kier alpha value is -5.73. The van der Waals surface area contributed by atoms with Gasteiger partial charge in [0.05, 0.1) is 31.0 Å². The molecule has 4 aromatic rings. The van der Waals surface area contributed by atoms with Crippen molar-refractivity contribution in [1.82, 2.24) is 19.7 Å². The lowest BCUT2D eigenvalue weighted by Crippen LogP contribution is -2.18. The number of anilines is 1. The molecule has 41 heavy (non-hydrogen) atoms. The van der Waals surface area contributed by atoms with Gasteiger partial charge in [-0.1, -0.05) is 12.1 Å². The Morgan fingerprint density at radius 2 is 1.80 bits per heavy atom. The maximum Gasteiger partial charge on any atom is 0.348 e. The van der Waals surface area contributed by atoms with Crippen molar-refractivity contribution in [3.63, 3.8) is 0 Å². The molecule has 0 amide bonds. The van der Waals surface area contributed by atoms with Crippen molar-refractivity contribution in [2.75, 3.05) is 19.5 Å². The van der Waals surface area contributed by atoms with Crippen LogP contribution >= 0.6 is 0 Å². The molecule has 2 aromatic heterocycles. The molecule has 4 rings (SSSR count). The van der Waals surface area contributed by atoms with E-state index in [2.05, 4.69) is 20.4 Å². The van der Waals surface area contributed by atoms with Crippen molar-refractivity contribution in [2.45, 2.75) is 13.0 Å². The highest BCUT2D eigenvalue weighted by molar-refractivity contribution is 5.95. The summed E-state index contributed by atoms with van der Waals surface area (Å²) in [4.78, 5) is 40.4. The van der Waals surface area contributed by atoms with Gasteiger partial charge >= 0.3 is 11.7 Å². The highest BCUT2D eigenvalue weighted by atomic mass is 19.1. The average molecular weight is 568 g/mol. The predicted molar refractivity (Wildman–Crippen MR) is 145 cm³/mol. The van der Waals surface area contributed by atoms with Crippen molar-refractivity contribution in [1.29, 1.82) is 5.41 Å². The standard InChI is InChI=1S/C24H22FN7O5.C2H4O2/c1-36-18-9-12(11-28-22(18)37-2)19(29-13-7-8-14(20(26)27)16(25)10-13)21-30-24(35)32(31-21)17-6-4-3-5-15(17)23(33)34;1-2(3)4/h3-11,19,29H,1-2H3,(H3,26,27)(H,33,34)(H,30,31,35);1H3,(H,3,4). The fourth-order valence-corrected chi connectivity index (χ4v) is 3.68. The number of methoxy groups -OCH3 is 2. The molecule has 2 aromatic carbocycles. The molecule has 1 atom stereocenters. The highest BCUT2D eigenvalue weighted by Crippen LogP contribution is 2.31. The molecule has 214 valence electrons. The second-order valence-electron chi connectivity index (χ2n) is 8.23. The van der Waals surface area contributed by atoms with Crippen LogP contribution in [0.2, 0.25) is 0 Å². The van der Waals surface area contributed by atoms with Crippen LogP contribution in [0.4, 0.5) is 10.1 Å². The number of rotatable bonds is 9. The Morgan fingerprint density at radius 3 is 2.39 bits per heavy atom. The first kappa shape index (κ1) is 29.8. The number of carboxylic acid groups (broad SMARTS) is 2. The van der Waals surface area contributed by atoms with Crippen molar-refractivity contribution in [3.8, 4) is 17.3 Å². The predicted octanol–water partition coefficient (Wildman–Crippen LogP) is 2.39. The first-order chi connectivity index (χ1) is 19.5. The van der Waals surface area contributed by atoms with Crippen LogP contribution in [0.3, 0.4) is 0 Å². The minimum Gasteiger partial charge on any atom is -0.491 e. The molecule has 0 saturated carbocycles. The average Bonchev–Trinajstić information content (AvgIpc) is 3.31. The van der Waals surface area contributed by atoms with Crippen LogP contribution in [0.5, 0.6) is 11.6 Å². The van der Waals surface area contributed by atoms with Crippen LogP contribution < -0.4 is 26.2 Å². The minimum absolute atomic E-state index is 0.0588. The van der Waals surface area contributed by atoms with Gasteiger partial charge in [-0.3, -0.25) is 15.2 Å². The second kappa shape index (κ2) is 12.9. The van der Waals surface area contributed by atoms with Gasteiger partial charge in [0.2, 0.25) is 0 Å². The number of carboxylic acids is 2. The number of nitrogens with two attached hydrogens (primary N) is 1. The zero-order valence-electron chi connectivity index (χ0n) is 22.0. The van der Waals surface area contributed by atoms with Gasteiger partial charge in [-0.25, -0.2) is 19.0 Å². The molecule has 0 aliphatic carbocycles. The molecule has 0 aliphatic rings. The minimum atomic E-state index is -1.23. The number of nitrogens with zero attached hydrogens (tertiary/aromatic N) is 3. The van der Waals surface area contributed by atoms with Crippen molar-refractivity contribution < 1.29 is 33.7 Å². The van der Waals surface area contributed by atoms with Crippen LogP contribution in [0, 0.1) is 11.2 Å². The summed E-state index contributed by atoms with van der Waals surface area (Å²) in [6.45, 7) is 1.08. The molecule has 15 heteroatoms. The van der Waals surface area contributed by atoms with Crippen LogP contribution in [-0.4, -0.2) is 62.0 Å². The van der Waals surface area contributed by atoms with Crippen molar-refractivity contribution in [2.24, 2.45) is 5.73 Å². The number of nitrogens with one attached hydrogen (secondary N) is 3. The maximum absolute atomic E-state index is 14.5. The number of hydrogen-bond donors (Lipinski definition) is 6. The second-order valence-corrected chi connectivity index (χ2v) is 8.23. The van der Waals surface area contributed by atoms with Gasteiger partial charge in [0.1, 0.15) is 17.7 Å². The van der Waals surface area contributed by atoms with Gasteiger partial charge in [-0.2, -0.15) is 4.68 Å². The van der Waals surface area contributed by atoms with Crippen molar-refractivity contribution in [3.05, 3.63) is 93.5 Å². The molecule has 2 heterocycles. The number of pyridine rings is 1. The molecule has 0 fully saturated rings. The Kier molecular flexibility index (Phi) is 9.37. The number of H-pyrrole nitrogens is 1. The number of benzene rings is 2. The van der Waals surface area contributed by atoms with E-state index in [0.717, 1.165) is 17.7 Å². The largest absolute Gasteiger partial charge is 0.491 e. The normalized spacial score (nSPS) is 11.0. The number of aromatic amines is 1. The number of para-hydroxylation sites is 1. The SMILES string of the molecule is CC(=O)O.COc1cc(C(Nc2ccc(C(=N)N)c(F)c2)c2nn(-c3ccccc3C(=O)O)c(=O)[nH]2)cnc1OC. The number of nitrogen functional groups attached to an aromatic ring is 1. The van der Waals surface area contributed by atoms with Gasteiger partial charge in [0.15, 0.2) is 11.6 Å².